The molecule has 2 aromatic heterocycles. The molecule has 0 unspecified atom stereocenters. The summed E-state index contributed by atoms with van der Waals surface area (Å²) in [6, 6.07) is 15.5. The van der Waals surface area contributed by atoms with E-state index < -0.39 is 17.2 Å². The van der Waals surface area contributed by atoms with Gasteiger partial charge in [0, 0.05) is 11.6 Å². The molecule has 0 spiro atoms. The van der Waals surface area contributed by atoms with E-state index in [-0.39, 0.29) is 22.4 Å². The summed E-state index contributed by atoms with van der Waals surface area (Å²) in [4.78, 5) is 21.9. The third-order valence-electron chi connectivity index (χ3n) is 4.90. The smallest absolute Gasteiger partial charge is 0.266 e. The first-order chi connectivity index (χ1) is 16.0. The van der Waals surface area contributed by atoms with Gasteiger partial charge in [-0.05, 0) is 48.5 Å². The predicted octanol–water partition coefficient (Wildman–Crippen LogP) is 5.75. The van der Waals surface area contributed by atoms with Gasteiger partial charge in [0.2, 0.25) is 5.89 Å². The van der Waals surface area contributed by atoms with Crippen molar-refractivity contribution in [3.05, 3.63) is 107 Å². The van der Waals surface area contributed by atoms with E-state index in [0.717, 1.165) is 22.4 Å². The van der Waals surface area contributed by atoms with Crippen LogP contribution in [0.3, 0.4) is 0 Å². The van der Waals surface area contributed by atoms with E-state index in [1.807, 2.05) is 0 Å². The number of halogens is 3. The van der Waals surface area contributed by atoms with E-state index in [1.54, 1.807) is 36.4 Å². The van der Waals surface area contributed by atoms with Gasteiger partial charge in [0.25, 0.3) is 5.56 Å². The van der Waals surface area contributed by atoms with E-state index >= 15 is 0 Å². The van der Waals surface area contributed by atoms with Crippen molar-refractivity contribution in [2.24, 2.45) is 0 Å². The summed E-state index contributed by atoms with van der Waals surface area (Å²) in [7, 11) is 0. The fourth-order valence-corrected chi connectivity index (χ4v) is 4.19. The summed E-state index contributed by atoms with van der Waals surface area (Å²) >= 11 is 1.12. The Bertz CT molecular complexity index is 1530. The minimum Gasteiger partial charge on any atom is -0.440 e. The van der Waals surface area contributed by atoms with Crippen molar-refractivity contribution in [3.8, 4) is 17.0 Å². The fraction of sp³-hybridized carbons (Fsp3) is 0.0417. The first-order valence-corrected chi connectivity index (χ1v) is 10.8. The number of benzene rings is 3. The molecule has 5 nitrogen and oxygen atoms in total. The molecule has 5 rings (SSSR count). The van der Waals surface area contributed by atoms with Gasteiger partial charge in [-0.25, -0.2) is 23.1 Å². The van der Waals surface area contributed by atoms with Gasteiger partial charge < -0.3 is 4.42 Å². The van der Waals surface area contributed by atoms with Gasteiger partial charge in [0.15, 0.2) is 10.9 Å². The minimum absolute atomic E-state index is 0.110. The van der Waals surface area contributed by atoms with Crippen molar-refractivity contribution < 1.29 is 17.6 Å². The molecule has 0 saturated heterocycles. The van der Waals surface area contributed by atoms with Crippen molar-refractivity contribution in [2.45, 2.75) is 10.9 Å². The quantitative estimate of drug-likeness (QED) is 0.244. The van der Waals surface area contributed by atoms with Crippen LogP contribution in [-0.2, 0) is 5.75 Å². The maximum absolute atomic E-state index is 14.6. The second kappa shape index (κ2) is 8.59. The zero-order valence-corrected chi connectivity index (χ0v) is 17.7. The zero-order valence-electron chi connectivity index (χ0n) is 16.8. The van der Waals surface area contributed by atoms with Crippen LogP contribution in [0.5, 0.6) is 0 Å². The molecular weight excluding hydrogens is 451 g/mol. The Labute approximate surface area is 189 Å². The van der Waals surface area contributed by atoms with Gasteiger partial charge in [0.1, 0.15) is 17.5 Å². The van der Waals surface area contributed by atoms with Crippen LogP contribution >= 0.6 is 11.8 Å². The fourth-order valence-electron chi connectivity index (χ4n) is 3.34. The lowest BCUT2D eigenvalue weighted by Gasteiger charge is -2.13. The van der Waals surface area contributed by atoms with Crippen molar-refractivity contribution in [2.75, 3.05) is 0 Å². The number of fused-ring (bicyclic) bond motifs is 1. The zero-order chi connectivity index (χ0) is 22.9. The van der Waals surface area contributed by atoms with E-state index in [4.69, 9.17) is 4.42 Å². The summed E-state index contributed by atoms with van der Waals surface area (Å²) in [6.45, 7) is 0. The molecule has 2 heterocycles. The number of aromatic nitrogens is 3. The molecule has 9 heteroatoms. The topological polar surface area (TPSA) is 60.9 Å². The van der Waals surface area contributed by atoms with Gasteiger partial charge in [-0.15, -0.1) is 0 Å². The molecule has 0 amide bonds. The van der Waals surface area contributed by atoms with Gasteiger partial charge in [-0.1, -0.05) is 23.9 Å². The molecule has 0 atom stereocenters. The van der Waals surface area contributed by atoms with E-state index in [9.17, 15) is 18.0 Å². The molecule has 3 aromatic carbocycles. The average molecular weight is 465 g/mol. The molecule has 0 saturated carbocycles. The molecule has 0 aliphatic heterocycles. The Kier molecular flexibility index (Phi) is 5.47. The molecule has 0 N–H and O–H groups in total. The summed E-state index contributed by atoms with van der Waals surface area (Å²) in [5.41, 5.74) is 0.520. The second-order valence-corrected chi connectivity index (χ2v) is 8.00. The molecule has 164 valence electrons. The second-order valence-electron chi connectivity index (χ2n) is 7.06. The molecular formula is C24H14F3N3O2S. The Morgan fingerprint density at radius 2 is 1.70 bits per heavy atom. The van der Waals surface area contributed by atoms with Crippen molar-refractivity contribution in [1.29, 1.82) is 0 Å². The molecule has 0 aliphatic rings. The Hall–Kier alpha value is -3.85. The molecule has 5 aromatic rings. The Morgan fingerprint density at radius 3 is 2.48 bits per heavy atom. The van der Waals surface area contributed by atoms with E-state index in [2.05, 4.69) is 9.97 Å². The van der Waals surface area contributed by atoms with Gasteiger partial charge in [-0.2, -0.15) is 0 Å². The Morgan fingerprint density at radius 1 is 0.939 bits per heavy atom. The average Bonchev–Trinajstić information content (AvgIpc) is 3.28. The highest BCUT2D eigenvalue weighted by Gasteiger charge is 2.18. The number of hydrogen-bond donors (Lipinski definition) is 0. The van der Waals surface area contributed by atoms with Crippen LogP contribution in [0.15, 0.2) is 87.3 Å². The SMILES string of the molecule is O=c1c2ccccc2nc(SCc2ncc(-c3ccc(F)cc3)o2)n1-c1ccc(F)cc1F. The standard InChI is InChI=1S/C24H14F3N3O2S/c25-15-7-5-14(6-8-15)21-12-28-22(32-21)13-33-24-29-19-4-2-1-3-17(19)23(31)30(24)20-10-9-16(26)11-18(20)27/h1-12H,13H2. The van der Waals surface area contributed by atoms with E-state index in [1.165, 1.54) is 24.4 Å². The lowest BCUT2D eigenvalue weighted by atomic mass is 10.2. The molecule has 0 fully saturated rings. The summed E-state index contributed by atoms with van der Waals surface area (Å²) in [6.07, 6.45) is 1.52. The van der Waals surface area contributed by atoms with Crippen LogP contribution in [0, 0.1) is 17.5 Å². The van der Waals surface area contributed by atoms with Crippen molar-refractivity contribution in [1.82, 2.24) is 14.5 Å². The van der Waals surface area contributed by atoms with Gasteiger partial charge in [-0.3, -0.25) is 9.36 Å². The number of thioether (sulfide) groups is 1. The summed E-state index contributed by atoms with van der Waals surface area (Å²) in [5, 5.41) is 0.506. The maximum Gasteiger partial charge on any atom is 0.266 e. The van der Waals surface area contributed by atoms with E-state index in [0.29, 0.717) is 34.2 Å². The van der Waals surface area contributed by atoms with Crippen LogP contribution in [0.1, 0.15) is 5.89 Å². The predicted molar refractivity (Wildman–Crippen MR) is 119 cm³/mol. The maximum atomic E-state index is 14.6. The highest BCUT2D eigenvalue weighted by atomic mass is 32.2. The van der Waals surface area contributed by atoms with Crippen LogP contribution < -0.4 is 5.56 Å². The monoisotopic (exact) mass is 465 g/mol. The lowest BCUT2D eigenvalue weighted by molar-refractivity contribution is 0.529. The molecule has 0 radical (unpaired) electrons. The largest absolute Gasteiger partial charge is 0.440 e. The number of hydrogen-bond acceptors (Lipinski definition) is 5. The highest BCUT2D eigenvalue weighted by Crippen LogP contribution is 2.28. The summed E-state index contributed by atoms with van der Waals surface area (Å²) < 4.78 is 48.1. The minimum atomic E-state index is -0.884. The molecule has 0 aliphatic carbocycles. The molecule has 33 heavy (non-hydrogen) atoms. The van der Waals surface area contributed by atoms with Gasteiger partial charge in [0.05, 0.1) is 28.5 Å². The number of oxazole rings is 1. The van der Waals surface area contributed by atoms with Crippen molar-refractivity contribution >= 4 is 22.7 Å². The summed E-state index contributed by atoms with van der Waals surface area (Å²) in [5.74, 6) is -1.00. The lowest BCUT2D eigenvalue weighted by Crippen LogP contribution is -2.22. The van der Waals surface area contributed by atoms with Crippen molar-refractivity contribution in [3.63, 3.8) is 0 Å². The van der Waals surface area contributed by atoms with Crippen LogP contribution in [0.4, 0.5) is 13.2 Å². The normalized spacial score (nSPS) is 11.2. The molecule has 0 bridgehead atoms. The third-order valence-corrected chi connectivity index (χ3v) is 5.83. The van der Waals surface area contributed by atoms with Crippen LogP contribution in [0.2, 0.25) is 0 Å². The first-order valence-electron chi connectivity index (χ1n) is 9.80. The first kappa shape index (κ1) is 21.0. The van der Waals surface area contributed by atoms with Gasteiger partial charge >= 0.3 is 0 Å². The number of rotatable bonds is 5. The number of nitrogens with zero attached hydrogens (tertiary/aromatic N) is 3. The highest BCUT2D eigenvalue weighted by molar-refractivity contribution is 7.98. The third kappa shape index (κ3) is 4.14. The number of para-hydroxylation sites is 1. The Balaban J connectivity index is 1.53. The van der Waals surface area contributed by atoms with Crippen LogP contribution in [-0.4, -0.2) is 14.5 Å². The van der Waals surface area contributed by atoms with Crippen LogP contribution in [0.25, 0.3) is 27.9 Å².